The Morgan fingerprint density at radius 3 is 2.79 bits per heavy atom. The van der Waals surface area contributed by atoms with Gasteiger partial charge in [0.1, 0.15) is 0 Å². The van der Waals surface area contributed by atoms with Gasteiger partial charge in [0.05, 0.1) is 5.92 Å². The molecule has 0 aromatic carbocycles. The molecule has 134 valence electrons. The van der Waals surface area contributed by atoms with Gasteiger partial charge in [-0.15, -0.1) is 11.3 Å². The molecule has 24 heavy (non-hydrogen) atoms. The average molecular weight is 363 g/mol. The van der Waals surface area contributed by atoms with Crippen molar-refractivity contribution in [2.45, 2.75) is 39.3 Å². The van der Waals surface area contributed by atoms with Gasteiger partial charge in [-0.05, 0) is 19.3 Å². The van der Waals surface area contributed by atoms with Crippen molar-refractivity contribution in [3.8, 4) is 0 Å². The highest BCUT2D eigenvalue weighted by atomic mass is 32.1. The van der Waals surface area contributed by atoms with E-state index in [1.54, 1.807) is 4.90 Å². The molecule has 1 aliphatic heterocycles. The Labute approximate surface area is 142 Å². The van der Waals surface area contributed by atoms with Crippen molar-refractivity contribution in [1.82, 2.24) is 9.88 Å². The van der Waals surface area contributed by atoms with Crippen molar-refractivity contribution >= 4 is 28.3 Å². The maximum atomic E-state index is 12.5. The fourth-order valence-corrected chi connectivity index (χ4v) is 3.27. The molecule has 0 saturated carbocycles. The minimum absolute atomic E-state index is 0.0172. The lowest BCUT2D eigenvalue weighted by Crippen LogP contribution is -2.45. The van der Waals surface area contributed by atoms with E-state index < -0.39 is 17.8 Å². The number of aromatic nitrogens is 1. The highest BCUT2D eigenvalue weighted by molar-refractivity contribution is 7.13. The van der Waals surface area contributed by atoms with Gasteiger partial charge in [0.25, 0.3) is 0 Å². The summed E-state index contributed by atoms with van der Waals surface area (Å²) in [5.41, 5.74) is -1.01. The van der Waals surface area contributed by atoms with Crippen LogP contribution in [0.3, 0.4) is 0 Å². The number of anilines is 1. The van der Waals surface area contributed by atoms with Crippen molar-refractivity contribution in [1.29, 1.82) is 0 Å². The van der Waals surface area contributed by atoms with Crippen LogP contribution in [0.2, 0.25) is 0 Å². The Morgan fingerprint density at radius 2 is 2.21 bits per heavy atom. The van der Waals surface area contributed by atoms with Crippen LogP contribution in [0.5, 0.6) is 0 Å². The largest absolute Gasteiger partial charge is 0.434 e. The molecule has 0 aliphatic carbocycles. The van der Waals surface area contributed by atoms with Gasteiger partial charge in [0, 0.05) is 24.4 Å². The molecule has 1 aliphatic rings. The molecular formula is C15H20F3N3O2S. The summed E-state index contributed by atoms with van der Waals surface area (Å²) < 4.78 is 37.6. The van der Waals surface area contributed by atoms with Gasteiger partial charge < -0.3 is 10.2 Å². The number of thiazole rings is 1. The number of nitrogens with one attached hydrogen (secondary N) is 1. The maximum absolute atomic E-state index is 12.5. The zero-order valence-corrected chi connectivity index (χ0v) is 14.3. The zero-order valence-electron chi connectivity index (χ0n) is 13.5. The molecule has 0 radical (unpaired) electrons. The predicted octanol–water partition coefficient (Wildman–Crippen LogP) is 3.39. The zero-order chi connectivity index (χ0) is 17.9. The molecule has 2 amide bonds. The van der Waals surface area contributed by atoms with Gasteiger partial charge in [-0.25, -0.2) is 4.98 Å². The fourth-order valence-electron chi connectivity index (χ4n) is 2.55. The van der Waals surface area contributed by atoms with Crippen molar-refractivity contribution in [2.75, 3.05) is 18.4 Å². The molecule has 2 heterocycles. The maximum Gasteiger partial charge on any atom is 0.434 e. The summed E-state index contributed by atoms with van der Waals surface area (Å²) in [6.45, 7) is 4.69. The molecule has 2 unspecified atom stereocenters. The second-order valence-electron chi connectivity index (χ2n) is 5.96. The number of piperidine rings is 1. The summed E-state index contributed by atoms with van der Waals surface area (Å²) in [6.07, 6.45) is -2.49. The molecular weight excluding hydrogens is 343 g/mol. The van der Waals surface area contributed by atoms with Gasteiger partial charge in [-0.3, -0.25) is 9.59 Å². The molecule has 2 atom stereocenters. The Morgan fingerprint density at radius 1 is 1.50 bits per heavy atom. The monoisotopic (exact) mass is 363 g/mol. The van der Waals surface area contributed by atoms with E-state index in [0.29, 0.717) is 25.9 Å². The van der Waals surface area contributed by atoms with Crippen LogP contribution in [-0.4, -0.2) is 34.8 Å². The number of nitrogens with zero attached hydrogens (tertiary/aromatic N) is 2. The van der Waals surface area contributed by atoms with Gasteiger partial charge in [0.15, 0.2) is 10.8 Å². The lowest BCUT2D eigenvalue weighted by atomic mass is 9.95. The number of rotatable bonds is 4. The normalized spacial score (nSPS) is 19.9. The molecule has 0 spiro atoms. The second-order valence-corrected chi connectivity index (χ2v) is 6.82. The van der Waals surface area contributed by atoms with Crippen LogP contribution in [-0.2, 0) is 15.8 Å². The first-order valence-corrected chi connectivity index (χ1v) is 8.72. The molecule has 1 aromatic heterocycles. The molecule has 1 fully saturated rings. The van der Waals surface area contributed by atoms with Crippen LogP contribution in [0, 0.1) is 11.8 Å². The number of amides is 2. The third kappa shape index (κ3) is 4.46. The van der Waals surface area contributed by atoms with Gasteiger partial charge in [-0.2, -0.15) is 13.2 Å². The third-order valence-electron chi connectivity index (χ3n) is 4.16. The lowest BCUT2D eigenvalue weighted by Gasteiger charge is -2.33. The first kappa shape index (κ1) is 18.7. The van der Waals surface area contributed by atoms with E-state index >= 15 is 0 Å². The molecule has 9 heteroatoms. The molecule has 1 N–H and O–H groups in total. The van der Waals surface area contributed by atoms with Crippen LogP contribution < -0.4 is 5.32 Å². The summed E-state index contributed by atoms with van der Waals surface area (Å²) in [5, 5.41) is 3.24. The standard InChI is InChI=1S/C15H20F3N3O2S/c1-3-9(2)13(23)21-6-4-5-10(7-21)12(22)20-14-19-11(8-24-14)15(16,17)18/h8-10H,3-7H2,1-2H3,(H,19,20,22). The van der Waals surface area contributed by atoms with Crippen molar-refractivity contribution < 1.29 is 22.8 Å². The SMILES string of the molecule is CCC(C)C(=O)N1CCCC(C(=O)Nc2nc(C(F)(F)F)cs2)C1. The van der Waals surface area contributed by atoms with Crippen LogP contribution in [0.1, 0.15) is 38.8 Å². The second kappa shape index (κ2) is 7.50. The van der Waals surface area contributed by atoms with Crippen molar-refractivity contribution in [3.63, 3.8) is 0 Å². The van der Waals surface area contributed by atoms with Crippen molar-refractivity contribution in [3.05, 3.63) is 11.1 Å². The van der Waals surface area contributed by atoms with E-state index in [4.69, 9.17) is 0 Å². The number of alkyl halides is 3. The highest BCUT2D eigenvalue weighted by Gasteiger charge is 2.35. The van der Waals surface area contributed by atoms with Crippen LogP contribution in [0.25, 0.3) is 0 Å². The van der Waals surface area contributed by atoms with E-state index in [1.165, 1.54) is 0 Å². The molecule has 1 saturated heterocycles. The fraction of sp³-hybridized carbons (Fsp3) is 0.667. The smallest absolute Gasteiger partial charge is 0.342 e. The van der Waals surface area contributed by atoms with E-state index in [9.17, 15) is 22.8 Å². The Balaban J connectivity index is 1.97. The minimum Gasteiger partial charge on any atom is -0.342 e. The highest BCUT2D eigenvalue weighted by Crippen LogP contribution is 2.32. The number of hydrogen-bond acceptors (Lipinski definition) is 4. The average Bonchev–Trinajstić information content (AvgIpc) is 3.02. The summed E-state index contributed by atoms with van der Waals surface area (Å²) in [5.74, 6) is -0.895. The summed E-state index contributed by atoms with van der Waals surface area (Å²) in [7, 11) is 0. The summed E-state index contributed by atoms with van der Waals surface area (Å²) in [6, 6.07) is 0. The molecule has 1 aromatic rings. The molecule has 5 nitrogen and oxygen atoms in total. The van der Waals surface area contributed by atoms with E-state index in [1.807, 2.05) is 13.8 Å². The van der Waals surface area contributed by atoms with Crippen LogP contribution in [0.15, 0.2) is 5.38 Å². The van der Waals surface area contributed by atoms with Crippen molar-refractivity contribution in [2.24, 2.45) is 11.8 Å². The Hall–Kier alpha value is -1.64. The topological polar surface area (TPSA) is 62.3 Å². The Kier molecular flexibility index (Phi) is 5.84. The summed E-state index contributed by atoms with van der Waals surface area (Å²) in [4.78, 5) is 29.6. The lowest BCUT2D eigenvalue weighted by molar-refractivity contribution is -0.141. The van der Waals surface area contributed by atoms with Gasteiger partial charge in [0.2, 0.25) is 11.8 Å². The number of carbonyl (C=O) groups excluding carboxylic acids is 2. The van der Waals surface area contributed by atoms with Gasteiger partial charge >= 0.3 is 6.18 Å². The molecule has 2 rings (SSSR count). The first-order chi connectivity index (χ1) is 11.2. The number of likely N-dealkylation sites (tertiary alicyclic amines) is 1. The minimum atomic E-state index is -4.52. The van der Waals surface area contributed by atoms with E-state index in [2.05, 4.69) is 10.3 Å². The summed E-state index contributed by atoms with van der Waals surface area (Å²) >= 11 is 0.741. The number of halogens is 3. The first-order valence-electron chi connectivity index (χ1n) is 7.84. The van der Waals surface area contributed by atoms with Crippen LogP contribution >= 0.6 is 11.3 Å². The number of hydrogen-bond donors (Lipinski definition) is 1. The van der Waals surface area contributed by atoms with E-state index in [0.717, 1.165) is 23.1 Å². The molecule has 0 bridgehead atoms. The van der Waals surface area contributed by atoms with E-state index in [-0.39, 0.29) is 22.9 Å². The van der Waals surface area contributed by atoms with Crippen LogP contribution in [0.4, 0.5) is 18.3 Å². The number of carbonyl (C=O) groups is 2. The quantitative estimate of drug-likeness (QED) is 0.892. The third-order valence-corrected chi connectivity index (χ3v) is 4.92. The predicted molar refractivity (Wildman–Crippen MR) is 84.5 cm³/mol. The Bertz CT molecular complexity index is 603. The van der Waals surface area contributed by atoms with Gasteiger partial charge in [-0.1, -0.05) is 13.8 Å².